The Bertz CT molecular complexity index is 939. The minimum Gasteiger partial charge on any atom is -0.282 e. The lowest BCUT2D eigenvalue weighted by Crippen LogP contribution is -2.49. The van der Waals surface area contributed by atoms with Crippen LogP contribution in [0.15, 0.2) is 31.1 Å². The van der Waals surface area contributed by atoms with E-state index in [0.717, 1.165) is 3.79 Å². The Hall–Kier alpha value is -0.490. The van der Waals surface area contributed by atoms with E-state index in [1.54, 1.807) is 12.1 Å². The number of sulfonamides is 1. The van der Waals surface area contributed by atoms with E-state index < -0.39 is 15.6 Å². The van der Waals surface area contributed by atoms with Crippen LogP contribution in [0.4, 0.5) is 0 Å². The molecule has 0 aromatic carbocycles. The molecule has 1 fully saturated rings. The van der Waals surface area contributed by atoms with Crippen LogP contribution >= 0.6 is 50.5 Å². The van der Waals surface area contributed by atoms with E-state index >= 15 is 0 Å². The van der Waals surface area contributed by atoms with Gasteiger partial charge in [0.1, 0.15) is 9.23 Å². The standard InChI is InChI=1S/C13H13BrCl2N4O3S2/c14-10-1-2-11(24-10)25(22,23)19-5-3-18(4-6-19)8-20-13(21)12(16)9(15)7-17-20/h1-2,7H,3-6,8H2. The topological polar surface area (TPSA) is 75.5 Å². The summed E-state index contributed by atoms with van der Waals surface area (Å²) in [5.74, 6) is 0. The molecule has 0 unspecified atom stereocenters. The van der Waals surface area contributed by atoms with Crippen molar-refractivity contribution in [2.45, 2.75) is 10.9 Å². The maximum absolute atomic E-state index is 12.6. The molecular weight excluding hydrogens is 475 g/mol. The highest BCUT2D eigenvalue weighted by atomic mass is 79.9. The van der Waals surface area contributed by atoms with Crippen LogP contribution in [-0.2, 0) is 16.7 Å². The first kappa shape index (κ1) is 19.3. The van der Waals surface area contributed by atoms with Gasteiger partial charge in [-0.2, -0.15) is 9.40 Å². The van der Waals surface area contributed by atoms with E-state index in [0.29, 0.717) is 30.4 Å². The maximum atomic E-state index is 12.6. The highest BCUT2D eigenvalue weighted by molar-refractivity contribution is 9.11. The number of aromatic nitrogens is 2. The molecule has 0 atom stereocenters. The molecule has 0 bridgehead atoms. The largest absolute Gasteiger partial charge is 0.288 e. The molecule has 0 amide bonds. The fraction of sp³-hybridized carbons (Fsp3) is 0.385. The van der Waals surface area contributed by atoms with Gasteiger partial charge in [-0.15, -0.1) is 11.3 Å². The first-order valence-corrected chi connectivity index (χ1v) is 11.0. The van der Waals surface area contributed by atoms with Crippen molar-refractivity contribution >= 4 is 60.5 Å². The average Bonchev–Trinajstić information content (AvgIpc) is 3.03. The zero-order chi connectivity index (χ0) is 18.2. The summed E-state index contributed by atoms with van der Waals surface area (Å²) in [4.78, 5) is 14.0. The minimum atomic E-state index is -3.49. The van der Waals surface area contributed by atoms with E-state index in [1.165, 1.54) is 26.5 Å². The van der Waals surface area contributed by atoms with Crippen molar-refractivity contribution in [3.8, 4) is 0 Å². The first-order valence-electron chi connectivity index (χ1n) is 7.18. The van der Waals surface area contributed by atoms with Gasteiger partial charge in [0.15, 0.2) is 0 Å². The fourth-order valence-corrected chi connectivity index (χ4v) is 6.27. The van der Waals surface area contributed by atoms with Crippen LogP contribution < -0.4 is 5.56 Å². The SMILES string of the molecule is O=c1c(Cl)c(Cl)cnn1CN1CCN(S(=O)(=O)c2ccc(Br)s2)CC1. The third-order valence-corrected chi connectivity index (χ3v) is 8.49. The van der Waals surface area contributed by atoms with Crippen molar-refractivity contribution in [1.29, 1.82) is 0 Å². The molecule has 0 spiro atoms. The molecule has 0 aliphatic carbocycles. The van der Waals surface area contributed by atoms with Crippen LogP contribution in [-0.4, -0.2) is 53.6 Å². The fourth-order valence-electron chi connectivity index (χ4n) is 2.41. The number of hydrogen-bond donors (Lipinski definition) is 0. The second-order valence-corrected chi connectivity index (χ2v) is 10.7. The predicted molar refractivity (Wildman–Crippen MR) is 101 cm³/mol. The van der Waals surface area contributed by atoms with Gasteiger partial charge in [0, 0.05) is 26.2 Å². The van der Waals surface area contributed by atoms with Crippen LogP contribution in [0.1, 0.15) is 0 Å². The monoisotopic (exact) mass is 486 g/mol. The molecular formula is C13H13BrCl2N4O3S2. The lowest BCUT2D eigenvalue weighted by Gasteiger charge is -2.33. The van der Waals surface area contributed by atoms with Gasteiger partial charge in [0.25, 0.3) is 15.6 Å². The van der Waals surface area contributed by atoms with E-state index in [2.05, 4.69) is 21.0 Å². The van der Waals surface area contributed by atoms with Gasteiger partial charge >= 0.3 is 0 Å². The zero-order valence-corrected chi connectivity index (χ0v) is 17.5. The van der Waals surface area contributed by atoms with Crippen molar-refractivity contribution in [2.24, 2.45) is 0 Å². The quantitative estimate of drug-likeness (QED) is 0.661. The molecule has 2 aromatic heterocycles. The molecule has 3 rings (SSSR count). The summed E-state index contributed by atoms with van der Waals surface area (Å²) in [6, 6.07) is 3.31. The normalized spacial score (nSPS) is 17.1. The van der Waals surface area contributed by atoms with Gasteiger partial charge in [-0.1, -0.05) is 23.2 Å². The van der Waals surface area contributed by atoms with E-state index in [1.807, 2.05) is 4.90 Å². The Labute approximate surface area is 166 Å². The molecule has 2 aromatic rings. The molecule has 1 aliphatic rings. The number of piperazine rings is 1. The van der Waals surface area contributed by atoms with Crippen LogP contribution in [0.2, 0.25) is 10.0 Å². The smallest absolute Gasteiger partial charge is 0.282 e. The Morgan fingerprint density at radius 1 is 1.20 bits per heavy atom. The summed E-state index contributed by atoms with van der Waals surface area (Å²) in [6.45, 7) is 1.89. The number of thiophene rings is 1. The second kappa shape index (κ2) is 7.63. The molecule has 1 saturated heterocycles. The third-order valence-electron chi connectivity index (χ3n) is 3.75. The van der Waals surface area contributed by atoms with Crippen molar-refractivity contribution in [3.05, 3.63) is 42.5 Å². The van der Waals surface area contributed by atoms with Gasteiger partial charge < -0.3 is 0 Å². The highest BCUT2D eigenvalue weighted by Gasteiger charge is 2.29. The minimum absolute atomic E-state index is 0.0684. The van der Waals surface area contributed by atoms with E-state index in [9.17, 15) is 13.2 Å². The molecule has 12 heteroatoms. The summed E-state index contributed by atoms with van der Waals surface area (Å²) in [6.07, 6.45) is 1.32. The molecule has 136 valence electrons. The molecule has 0 saturated carbocycles. The van der Waals surface area contributed by atoms with Crippen LogP contribution in [0.5, 0.6) is 0 Å². The van der Waals surface area contributed by atoms with Gasteiger partial charge in [-0.3, -0.25) is 9.69 Å². The Morgan fingerprint density at radius 3 is 2.48 bits per heavy atom. The van der Waals surface area contributed by atoms with Gasteiger partial charge in [0.05, 0.1) is 21.7 Å². The summed E-state index contributed by atoms with van der Waals surface area (Å²) < 4.78 is 29.0. The van der Waals surface area contributed by atoms with Crippen LogP contribution in [0, 0.1) is 0 Å². The highest BCUT2D eigenvalue weighted by Crippen LogP contribution is 2.29. The lowest BCUT2D eigenvalue weighted by molar-refractivity contribution is 0.143. The van der Waals surface area contributed by atoms with Gasteiger partial charge in [-0.05, 0) is 28.1 Å². The second-order valence-electron chi connectivity index (χ2n) is 5.33. The number of halogens is 3. The van der Waals surface area contributed by atoms with Crippen molar-refractivity contribution < 1.29 is 8.42 Å². The average molecular weight is 488 g/mol. The Morgan fingerprint density at radius 2 is 1.88 bits per heavy atom. The number of nitrogens with zero attached hydrogens (tertiary/aromatic N) is 4. The van der Waals surface area contributed by atoms with Gasteiger partial charge in [-0.25, -0.2) is 13.1 Å². The van der Waals surface area contributed by atoms with E-state index in [-0.39, 0.29) is 16.7 Å². The molecule has 3 heterocycles. The summed E-state index contributed by atoms with van der Waals surface area (Å²) in [5.41, 5.74) is -0.465. The van der Waals surface area contributed by atoms with E-state index in [4.69, 9.17) is 23.2 Å². The Balaban J connectivity index is 1.66. The zero-order valence-electron chi connectivity index (χ0n) is 12.7. The molecule has 25 heavy (non-hydrogen) atoms. The maximum Gasteiger partial charge on any atom is 0.288 e. The van der Waals surface area contributed by atoms with Crippen molar-refractivity contribution in [3.63, 3.8) is 0 Å². The van der Waals surface area contributed by atoms with Gasteiger partial charge in [0.2, 0.25) is 0 Å². The Kier molecular flexibility index (Phi) is 5.88. The van der Waals surface area contributed by atoms with Crippen molar-refractivity contribution in [1.82, 2.24) is 19.0 Å². The third kappa shape index (κ3) is 4.10. The van der Waals surface area contributed by atoms with Crippen LogP contribution in [0.25, 0.3) is 0 Å². The molecule has 0 radical (unpaired) electrons. The summed E-state index contributed by atoms with van der Waals surface area (Å²) in [7, 11) is -3.49. The number of hydrogen-bond acceptors (Lipinski definition) is 6. The lowest BCUT2D eigenvalue weighted by atomic mass is 10.4. The predicted octanol–water partition coefficient (Wildman–Crippen LogP) is 2.34. The molecule has 1 aliphatic heterocycles. The molecule has 7 nitrogen and oxygen atoms in total. The first-order chi connectivity index (χ1) is 11.8. The van der Waals surface area contributed by atoms with Crippen molar-refractivity contribution in [2.75, 3.05) is 26.2 Å². The summed E-state index contributed by atoms with van der Waals surface area (Å²) in [5, 5.41) is 4.01. The van der Waals surface area contributed by atoms with Crippen LogP contribution in [0.3, 0.4) is 0 Å². The molecule has 0 N–H and O–H groups in total. The number of rotatable bonds is 4. The summed E-state index contributed by atoms with van der Waals surface area (Å²) >= 11 is 16.1.